The number of fused-ring (bicyclic) bond motifs is 1. The molecule has 0 spiro atoms. The third kappa shape index (κ3) is 2.25. The van der Waals surface area contributed by atoms with Crippen molar-refractivity contribution < 1.29 is 4.79 Å². The molecular weight excluding hydrogens is 194 g/mol. The van der Waals surface area contributed by atoms with Crippen LogP contribution in [0.2, 0.25) is 0 Å². The van der Waals surface area contributed by atoms with E-state index in [9.17, 15) is 4.79 Å². The fraction of sp³-hybridized carbons (Fsp3) is 0.909. The van der Waals surface area contributed by atoms with Crippen molar-refractivity contribution in [3.05, 3.63) is 0 Å². The Balaban J connectivity index is 0.000000461. The number of carbonyl (C=O) groups is 1. The zero-order valence-electron chi connectivity index (χ0n) is 9.62. The Bertz CT molecular complexity index is 207. The van der Waals surface area contributed by atoms with Crippen LogP contribution in [0.15, 0.2) is 0 Å². The number of hydrogen-bond acceptors (Lipinski definition) is 2. The SMILES string of the molecule is CC.CC1CCC2SN(C)C(=O)C2C1. The van der Waals surface area contributed by atoms with Crippen LogP contribution < -0.4 is 0 Å². The fourth-order valence-electron chi connectivity index (χ4n) is 2.23. The molecule has 0 bridgehead atoms. The second kappa shape index (κ2) is 5.06. The van der Waals surface area contributed by atoms with Gasteiger partial charge < -0.3 is 0 Å². The normalized spacial score (nSPS) is 36.1. The molecule has 1 aliphatic heterocycles. The van der Waals surface area contributed by atoms with Gasteiger partial charge >= 0.3 is 0 Å². The maximum atomic E-state index is 11.6. The van der Waals surface area contributed by atoms with Crippen molar-refractivity contribution in [3.63, 3.8) is 0 Å². The van der Waals surface area contributed by atoms with E-state index in [1.165, 1.54) is 12.8 Å². The molecule has 1 heterocycles. The summed E-state index contributed by atoms with van der Waals surface area (Å²) < 4.78 is 1.83. The first-order valence-electron chi connectivity index (χ1n) is 5.63. The van der Waals surface area contributed by atoms with Crippen LogP contribution in [0, 0.1) is 11.8 Å². The first-order valence-corrected chi connectivity index (χ1v) is 6.46. The molecule has 2 fully saturated rings. The molecule has 0 aromatic heterocycles. The van der Waals surface area contributed by atoms with Gasteiger partial charge in [-0.25, -0.2) is 0 Å². The summed E-state index contributed by atoms with van der Waals surface area (Å²) in [6.07, 6.45) is 3.64. The molecule has 0 aromatic rings. The van der Waals surface area contributed by atoms with Gasteiger partial charge in [0.1, 0.15) is 0 Å². The van der Waals surface area contributed by atoms with Crippen molar-refractivity contribution in [1.29, 1.82) is 0 Å². The van der Waals surface area contributed by atoms with Crippen LogP contribution in [0.4, 0.5) is 0 Å². The largest absolute Gasteiger partial charge is 0.289 e. The highest BCUT2D eigenvalue weighted by Crippen LogP contribution is 2.43. The second-order valence-electron chi connectivity index (χ2n) is 4.00. The Morgan fingerprint density at radius 1 is 1.36 bits per heavy atom. The number of hydrogen-bond donors (Lipinski definition) is 0. The molecule has 3 heteroatoms. The predicted molar refractivity (Wildman–Crippen MR) is 62.0 cm³/mol. The highest BCUT2D eigenvalue weighted by molar-refractivity contribution is 7.98. The zero-order valence-corrected chi connectivity index (χ0v) is 10.4. The Hall–Kier alpha value is -0.180. The highest BCUT2D eigenvalue weighted by Gasteiger charge is 2.42. The lowest BCUT2D eigenvalue weighted by atomic mass is 9.82. The fourth-order valence-corrected chi connectivity index (χ4v) is 3.49. The summed E-state index contributed by atoms with van der Waals surface area (Å²) in [6.45, 7) is 6.26. The van der Waals surface area contributed by atoms with Crippen molar-refractivity contribution in [3.8, 4) is 0 Å². The minimum atomic E-state index is 0.337. The minimum Gasteiger partial charge on any atom is -0.289 e. The van der Waals surface area contributed by atoms with Crippen molar-refractivity contribution in [2.75, 3.05) is 7.05 Å². The molecule has 0 N–H and O–H groups in total. The average molecular weight is 215 g/mol. The molecule has 1 saturated carbocycles. The first kappa shape index (κ1) is 11.9. The van der Waals surface area contributed by atoms with Gasteiger partial charge in [-0.1, -0.05) is 20.8 Å². The van der Waals surface area contributed by atoms with E-state index in [0.717, 1.165) is 12.3 Å². The molecule has 0 radical (unpaired) electrons. The van der Waals surface area contributed by atoms with Gasteiger partial charge in [-0.2, -0.15) is 0 Å². The lowest BCUT2D eigenvalue weighted by Gasteiger charge is -2.25. The van der Waals surface area contributed by atoms with Gasteiger partial charge in [-0.3, -0.25) is 9.10 Å². The molecule has 0 aromatic carbocycles. The summed E-state index contributed by atoms with van der Waals surface area (Å²) in [5.74, 6) is 1.45. The Labute approximate surface area is 91.6 Å². The van der Waals surface area contributed by atoms with Gasteiger partial charge in [0.05, 0.1) is 5.92 Å². The van der Waals surface area contributed by atoms with E-state index in [1.54, 1.807) is 11.9 Å². The maximum Gasteiger partial charge on any atom is 0.236 e. The van der Waals surface area contributed by atoms with Crippen molar-refractivity contribution in [2.24, 2.45) is 11.8 Å². The third-order valence-electron chi connectivity index (χ3n) is 2.97. The first-order chi connectivity index (χ1) is 6.68. The maximum absolute atomic E-state index is 11.6. The smallest absolute Gasteiger partial charge is 0.236 e. The molecule has 3 atom stereocenters. The third-order valence-corrected chi connectivity index (χ3v) is 4.30. The van der Waals surface area contributed by atoms with Crippen LogP contribution in [0.1, 0.15) is 40.0 Å². The molecule has 3 unspecified atom stereocenters. The van der Waals surface area contributed by atoms with Crippen LogP contribution in [-0.4, -0.2) is 22.5 Å². The van der Waals surface area contributed by atoms with Crippen molar-refractivity contribution >= 4 is 17.9 Å². The van der Waals surface area contributed by atoms with E-state index < -0.39 is 0 Å². The van der Waals surface area contributed by atoms with E-state index in [2.05, 4.69) is 6.92 Å². The summed E-state index contributed by atoms with van der Waals surface area (Å²) in [7, 11) is 1.90. The van der Waals surface area contributed by atoms with Gasteiger partial charge in [-0.15, -0.1) is 0 Å². The Morgan fingerprint density at radius 2 is 2.00 bits per heavy atom. The van der Waals surface area contributed by atoms with Crippen LogP contribution in [0.3, 0.4) is 0 Å². The molecular formula is C11H21NOS. The van der Waals surface area contributed by atoms with Gasteiger partial charge in [0.25, 0.3) is 0 Å². The van der Waals surface area contributed by atoms with Crippen LogP contribution in [-0.2, 0) is 4.79 Å². The second-order valence-corrected chi connectivity index (χ2v) is 5.37. The van der Waals surface area contributed by atoms with E-state index in [0.29, 0.717) is 17.1 Å². The van der Waals surface area contributed by atoms with Gasteiger partial charge in [-0.05, 0) is 37.1 Å². The van der Waals surface area contributed by atoms with Crippen LogP contribution in [0.5, 0.6) is 0 Å². The minimum absolute atomic E-state index is 0.337. The summed E-state index contributed by atoms with van der Waals surface area (Å²) in [6, 6.07) is 0. The molecule has 1 amide bonds. The number of carbonyl (C=O) groups excluding carboxylic acids is 1. The molecule has 82 valence electrons. The molecule has 14 heavy (non-hydrogen) atoms. The van der Waals surface area contributed by atoms with Crippen molar-refractivity contribution in [1.82, 2.24) is 4.31 Å². The Kier molecular flexibility index (Phi) is 4.30. The van der Waals surface area contributed by atoms with E-state index >= 15 is 0 Å². The van der Waals surface area contributed by atoms with E-state index in [-0.39, 0.29) is 0 Å². The van der Waals surface area contributed by atoms with Crippen molar-refractivity contribution in [2.45, 2.75) is 45.3 Å². The molecule has 2 rings (SSSR count). The lowest BCUT2D eigenvalue weighted by molar-refractivity contribution is -0.129. The summed E-state index contributed by atoms with van der Waals surface area (Å²) in [4.78, 5) is 11.6. The standard InChI is InChI=1S/C9H15NOS.C2H6/c1-6-3-4-8-7(5-6)9(11)10(2)12-8;1-2/h6-8H,3-5H2,1-2H3;1-2H3. The predicted octanol–water partition coefficient (Wildman–Crippen LogP) is 2.94. The number of rotatable bonds is 0. The number of amides is 1. The lowest BCUT2D eigenvalue weighted by Crippen LogP contribution is -2.28. The van der Waals surface area contributed by atoms with E-state index in [4.69, 9.17) is 0 Å². The molecule has 2 nitrogen and oxygen atoms in total. The summed E-state index contributed by atoms with van der Waals surface area (Å²) >= 11 is 1.74. The molecule has 2 aliphatic rings. The topological polar surface area (TPSA) is 20.3 Å². The Morgan fingerprint density at radius 3 is 2.64 bits per heavy atom. The van der Waals surface area contributed by atoms with Gasteiger partial charge in [0, 0.05) is 12.3 Å². The van der Waals surface area contributed by atoms with E-state index in [1.807, 2.05) is 25.2 Å². The molecule has 1 saturated heterocycles. The zero-order chi connectivity index (χ0) is 10.7. The van der Waals surface area contributed by atoms with Crippen LogP contribution >= 0.6 is 11.9 Å². The van der Waals surface area contributed by atoms with Gasteiger partial charge in [0.15, 0.2) is 0 Å². The number of nitrogens with zero attached hydrogens (tertiary/aromatic N) is 1. The quantitative estimate of drug-likeness (QED) is 0.579. The monoisotopic (exact) mass is 215 g/mol. The highest BCUT2D eigenvalue weighted by atomic mass is 32.2. The summed E-state index contributed by atoms with van der Waals surface area (Å²) in [5, 5.41) is 0.596. The van der Waals surface area contributed by atoms with Crippen LogP contribution in [0.25, 0.3) is 0 Å². The van der Waals surface area contributed by atoms with Gasteiger partial charge in [0.2, 0.25) is 5.91 Å². The average Bonchev–Trinajstić information content (AvgIpc) is 2.48. The summed E-state index contributed by atoms with van der Waals surface area (Å²) in [5.41, 5.74) is 0. The molecule has 1 aliphatic carbocycles.